The Labute approximate surface area is 176 Å². The zero-order valence-electron chi connectivity index (χ0n) is 17.4. The van der Waals surface area contributed by atoms with Crippen LogP contribution in [0.3, 0.4) is 0 Å². The lowest BCUT2D eigenvalue weighted by Crippen LogP contribution is -2.32. The number of rotatable bonds is 8. The minimum atomic E-state index is -4.01. The summed E-state index contributed by atoms with van der Waals surface area (Å²) in [4.78, 5) is 23.9. The predicted octanol–water partition coefficient (Wildman–Crippen LogP) is 2.80. The summed E-state index contributed by atoms with van der Waals surface area (Å²) in [5.74, 6) is 0.249. The lowest BCUT2D eigenvalue weighted by Gasteiger charge is -2.11. The number of carbonyl (C=O) groups is 2. The van der Waals surface area contributed by atoms with E-state index in [1.807, 2.05) is 17.7 Å². The SMILES string of the molecule is COc1ccc(C)cc1C(=O)NCCc1ccc(S(=O)(=O)NC(=O)OC(C)C)cc1. The molecule has 8 nitrogen and oxygen atoms in total. The molecule has 9 heteroatoms. The summed E-state index contributed by atoms with van der Waals surface area (Å²) in [6.07, 6.45) is -0.954. The zero-order valence-corrected chi connectivity index (χ0v) is 18.2. The molecule has 0 aliphatic carbocycles. The summed E-state index contributed by atoms with van der Waals surface area (Å²) in [6.45, 7) is 5.49. The van der Waals surface area contributed by atoms with Crippen molar-refractivity contribution in [2.24, 2.45) is 0 Å². The first-order valence-electron chi connectivity index (χ1n) is 9.37. The van der Waals surface area contributed by atoms with Crippen LogP contribution in [0.25, 0.3) is 0 Å². The Morgan fingerprint density at radius 2 is 1.73 bits per heavy atom. The van der Waals surface area contributed by atoms with Gasteiger partial charge in [-0.25, -0.2) is 17.9 Å². The van der Waals surface area contributed by atoms with Crippen LogP contribution in [-0.2, 0) is 21.2 Å². The summed E-state index contributed by atoms with van der Waals surface area (Å²) < 4.78 is 36.3. The van der Waals surface area contributed by atoms with Gasteiger partial charge >= 0.3 is 6.09 Å². The lowest BCUT2D eigenvalue weighted by molar-refractivity contribution is 0.0950. The van der Waals surface area contributed by atoms with Crippen LogP contribution < -0.4 is 14.8 Å². The number of amides is 2. The van der Waals surface area contributed by atoms with Gasteiger partial charge in [0.05, 0.1) is 23.7 Å². The molecule has 0 fully saturated rings. The topological polar surface area (TPSA) is 111 Å². The smallest absolute Gasteiger partial charge is 0.421 e. The second kappa shape index (κ2) is 10.1. The summed E-state index contributed by atoms with van der Waals surface area (Å²) in [7, 11) is -2.50. The molecule has 2 aromatic carbocycles. The van der Waals surface area contributed by atoms with Crippen molar-refractivity contribution in [3.05, 3.63) is 59.2 Å². The van der Waals surface area contributed by atoms with Gasteiger partial charge in [0.25, 0.3) is 15.9 Å². The number of methoxy groups -OCH3 is 1. The highest BCUT2D eigenvalue weighted by atomic mass is 32.2. The molecule has 0 atom stereocenters. The molecular formula is C21H26N2O6S. The maximum Gasteiger partial charge on any atom is 0.421 e. The van der Waals surface area contributed by atoms with Gasteiger partial charge in [0, 0.05) is 6.54 Å². The van der Waals surface area contributed by atoms with Crippen LogP contribution in [0, 0.1) is 6.92 Å². The standard InChI is InChI=1S/C21H26N2O6S/c1-14(2)29-21(25)23-30(26,27)17-8-6-16(7-9-17)11-12-22-20(24)18-13-15(3)5-10-19(18)28-4/h5-10,13-14H,11-12H2,1-4H3,(H,22,24)(H,23,25). The average molecular weight is 435 g/mol. The normalized spacial score (nSPS) is 11.1. The molecule has 0 saturated heterocycles. The van der Waals surface area contributed by atoms with Crippen molar-refractivity contribution >= 4 is 22.0 Å². The molecule has 0 radical (unpaired) electrons. The molecule has 0 saturated carbocycles. The van der Waals surface area contributed by atoms with Gasteiger partial charge in [0.1, 0.15) is 5.75 Å². The fraction of sp³-hybridized carbons (Fsp3) is 0.333. The fourth-order valence-electron chi connectivity index (χ4n) is 2.66. The van der Waals surface area contributed by atoms with Crippen molar-refractivity contribution in [1.82, 2.24) is 10.0 Å². The molecule has 0 aliphatic rings. The average Bonchev–Trinajstić information content (AvgIpc) is 2.67. The van der Waals surface area contributed by atoms with E-state index < -0.39 is 22.2 Å². The molecule has 2 rings (SSSR count). The van der Waals surface area contributed by atoms with Crippen LogP contribution in [0.1, 0.15) is 35.3 Å². The highest BCUT2D eigenvalue weighted by molar-refractivity contribution is 7.90. The quantitative estimate of drug-likeness (QED) is 0.661. The molecule has 0 aliphatic heterocycles. The molecule has 30 heavy (non-hydrogen) atoms. The van der Waals surface area contributed by atoms with Crippen molar-refractivity contribution in [1.29, 1.82) is 0 Å². The maximum atomic E-state index is 12.4. The van der Waals surface area contributed by atoms with E-state index in [-0.39, 0.29) is 10.8 Å². The molecule has 2 amide bonds. The summed E-state index contributed by atoms with van der Waals surface area (Å²) in [6, 6.07) is 11.4. The van der Waals surface area contributed by atoms with Gasteiger partial charge in [0.2, 0.25) is 0 Å². The highest BCUT2D eigenvalue weighted by Crippen LogP contribution is 2.19. The van der Waals surface area contributed by atoms with Gasteiger partial charge < -0.3 is 14.8 Å². The van der Waals surface area contributed by atoms with E-state index in [0.717, 1.165) is 11.1 Å². The van der Waals surface area contributed by atoms with Crippen molar-refractivity contribution < 1.29 is 27.5 Å². The van der Waals surface area contributed by atoms with Crippen LogP contribution in [0.5, 0.6) is 5.75 Å². The van der Waals surface area contributed by atoms with Gasteiger partial charge in [-0.1, -0.05) is 23.8 Å². The largest absolute Gasteiger partial charge is 0.496 e. The number of hydrogen-bond acceptors (Lipinski definition) is 6. The Balaban J connectivity index is 1.94. The van der Waals surface area contributed by atoms with E-state index >= 15 is 0 Å². The predicted molar refractivity (Wildman–Crippen MR) is 112 cm³/mol. The molecule has 0 spiro atoms. The van der Waals surface area contributed by atoms with Crippen molar-refractivity contribution in [2.45, 2.75) is 38.2 Å². The maximum absolute atomic E-state index is 12.4. The number of aryl methyl sites for hydroxylation is 1. The Morgan fingerprint density at radius 3 is 2.33 bits per heavy atom. The first-order valence-corrected chi connectivity index (χ1v) is 10.9. The van der Waals surface area contributed by atoms with E-state index in [1.54, 1.807) is 38.1 Å². The molecule has 0 bridgehead atoms. The number of sulfonamides is 1. The Hall–Kier alpha value is -3.07. The van der Waals surface area contributed by atoms with Crippen LogP contribution in [0.15, 0.2) is 47.4 Å². The van der Waals surface area contributed by atoms with Crippen LogP contribution in [-0.4, -0.2) is 40.2 Å². The molecule has 2 N–H and O–H groups in total. The molecule has 0 heterocycles. The van der Waals surface area contributed by atoms with E-state index in [0.29, 0.717) is 24.3 Å². The Kier molecular flexibility index (Phi) is 7.82. The third kappa shape index (κ3) is 6.48. The lowest BCUT2D eigenvalue weighted by atomic mass is 10.1. The third-order valence-corrected chi connectivity index (χ3v) is 5.42. The van der Waals surface area contributed by atoms with Crippen LogP contribution in [0.4, 0.5) is 4.79 Å². The molecule has 162 valence electrons. The van der Waals surface area contributed by atoms with E-state index in [2.05, 4.69) is 5.32 Å². The van der Waals surface area contributed by atoms with Crippen molar-refractivity contribution in [3.63, 3.8) is 0 Å². The Morgan fingerprint density at radius 1 is 1.07 bits per heavy atom. The monoisotopic (exact) mass is 434 g/mol. The van der Waals surface area contributed by atoms with Gasteiger partial charge in [-0.05, 0) is 57.0 Å². The van der Waals surface area contributed by atoms with Crippen molar-refractivity contribution in [3.8, 4) is 5.75 Å². The van der Waals surface area contributed by atoms with Gasteiger partial charge in [-0.2, -0.15) is 0 Å². The van der Waals surface area contributed by atoms with Crippen LogP contribution >= 0.6 is 0 Å². The zero-order chi connectivity index (χ0) is 22.3. The first-order chi connectivity index (χ1) is 14.1. The van der Waals surface area contributed by atoms with Gasteiger partial charge in [-0.3, -0.25) is 4.79 Å². The third-order valence-electron chi connectivity index (χ3n) is 4.09. The number of nitrogens with one attached hydrogen (secondary N) is 2. The highest BCUT2D eigenvalue weighted by Gasteiger charge is 2.19. The van der Waals surface area contributed by atoms with E-state index in [4.69, 9.17) is 9.47 Å². The number of ether oxygens (including phenoxy) is 2. The minimum absolute atomic E-state index is 0.0551. The van der Waals surface area contributed by atoms with Gasteiger partial charge in [0.15, 0.2) is 0 Å². The molecule has 2 aromatic rings. The summed E-state index contributed by atoms with van der Waals surface area (Å²) >= 11 is 0. The second-order valence-electron chi connectivity index (χ2n) is 6.91. The van der Waals surface area contributed by atoms with Gasteiger partial charge in [-0.15, -0.1) is 0 Å². The molecular weight excluding hydrogens is 408 g/mol. The fourth-order valence-corrected chi connectivity index (χ4v) is 3.54. The number of hydrogen-bond donors (Lipinski definition) is 2. The molecule has 0 unspecified atom stereocenters. The first kappa shape index (κ1) is 23.2. The van der Waals surface area contributed by atoms with Crippen LogP contribution in [0.2, 0.25) is 0 Å². The minimum Gasteiger partial charge on any atom is -0.496 e. The van der Waals surface area contributed by atoms with Crippen molar-refractivity contribution in [2.75, 3.05) is 13.7 Å². The number of carbonyl (C=O) groups excluding carboxylic acids is 2. The Bertz CT molecular complexity index is 1000. The van der Waals surface area contributed by atoms with E-state index in [9.17, 15) is 18.0 Å². The molecule has 0 aromatic heterocycles. The summed E-state index contributed by atoms with van der Waals surface area (Å²) in [5.41, 5.74) is 2.23. The number of benzene rings is 2. The summed E-state index contributed by atoms with van der Waals surface area (Å²) in [5, 5.41) is 2.83. The second-order valence-corrected chi connectivity index (χ2v) is 8.60. The van der Waals surface area contributed by atoms with E-state index in [1.165, 1.54) is 19.2 Å².